The van der Waals surface area contributed by atoms with Crippen LogP contribution in [0.25, 0.3) is 5.70 Å². The van der Waals surface area contributed by atoms with Crippen molar-refractivity contribution in [2.45, 2.75) is 24.6 Å². The SMILES string of the molecule is COc1cccc(C2=C[C@@H]3c4ccccc4OC4(CC[NH+](C)CC4)N3N2)c1. The minimum Gasteiger partial charge on any atom is -0.497 e. The molecule has 0 bridgehead atoms. The number of rotatable bonds is 2. The van der Waals surface area contributed by atoms with Crippen LogP contribution >= 0.6 is 0 Å². The van der Waals surface area contributed by atoms with E-state index in [2.05, 4.69) is 60.0 Å². The van der Waals surface area contributed by atoms with Crippen molar-refractivity contribution in [2.24, 2.45) is 0 Å². The summed E-state index contributed by atoms with van der Waals surface area (Å²) >= 11 is 0. The lowest BCUT2D eigenvalue weighted by atomic mass is 9.93. The third kappa shape index (κ3) is 2.69. The van der Waals surface area contributed by atoms with Crippen LogP contribution in [0.3, 0.4) is 0 Å². The number of nitrogens with zero attached hydrogens (tertiary/aromatic N) is 1. The minimum atomic E-state index is -0.296. The Morgan fingerprint density at radius 1 is 1.15 bits per heavy atom. The number of piperidine rings is 1. The summed E-state index contributed by atoms with van der Waals surface area (Å²) in [5.74, 6) is 1.89. The van der Waals surface area contributed by atoms with Crippen LogP contribution in [0, 0.1) is 0 Å². The fourth-order valence-electron chi connectivity index (χ4n) is 4.49. The molecule has 27 heavy (non-hydrogen) atoms. The molecule has 2 N–H and O–H groups in total. The minimum absolute atomic E-state index is 0.176. The molecule has 0 amide bonds. The van der Waals surface area contributed by atoms with Crippen LogP contribution in [0.1, 0.15) is 30.0 Å². The molecule has 0 saturated carbocycles. The zero-order chi connectivity index (χ0) is 18.4. The van der Waals surface area contributed by atoms with E-state index < -0.39 is 0 Å². The highest BCUT2D eigenvalue weighted by Gasteiger charge is 2.52. The molecule has 5 rings (SSSR count). The second kappa shape index (κ2) is 6.29. The number of likely N-dealkylation sites (tertiary alicyclic amines) is 1. The van der Waals surface area contributed by atoms with E-state index in [1.54, 1.807) is 12.0 Å². The van der Waals surface area contributed by atoms with Crippen molar-refractivity contribution >= 4 is 5.70 Å². The van der Waals surface area contributed by atoms with Gasteiger partial charge < -0.3 is 19.8 Å². The van der Waals surface area contributed by atoms with Crippen LogP contribution in [-0.2, 0) is 0 Å². The molecular formula is C22H26N3O2+. The molecule has 3 aliphatic rings. The van der Waals surface area contributed by atoms with Gasteiger partial charge in [-0.1, -0.05) is 30.3 Å². The van der Waals surface area contributed by atoms with Crippen molar-refractivity contribution in [1.82, 2.24) is 10.4 Å². The predicted octanol–water partition coefficient (Wildman–Crippen LogP) is 1.99. The van der Waals surface area contributed by atoms with Crippen LogP contribution in [0.5, 0.6) is 11.5 Å². The van der Waals surface area contributed by atoms with Gasteiger partial charge in [-0.15, -0.1) is 0 Å². The fourth-order valence-corrected chi connectivity index (χ4v) is 4.49. The maximum atomic E-state index is 6.64. The average Bonchev–Trinajstić information content (AvgIpc) is 3.17. The van der Waals surface area contributed by atoms with E-state index in [9.17, 15) is 0 Å². The summed E-state index contributed by atoms with van der Waals surface area (Å²) < 4.78 is 12.1. The number of fused-ring (bicyclic) bond motifs is 4. The van der Waals surface area contributed by atoms with Crippen LogP contribution in [0.4, 0.5) is 0 Å². The van der Waals surface area contributed by atoms with Crippen LogP contribution in [0.15, 0.2) is 54.6 Å². The summed E-state index contributed by atoms with van der Waals surface area (Å²) in [6.45, 7) is 2.23. The van der Waals surface area contributed by atoms with Gasteiger partial charge in [0.1, 0.15) is 11.5 Å². The van der Waals surface area contributed by atoms with Gasteiger partial charge in [0.2, 0.25) is 0 Å². The highest BCUT2D eigenvalue weighted by Crippen LogP contribution is 2.47. The van der Waals surface area contributed by atoms with E-state index in [1.165, 1.54) is 5.56 Å². The summed E-state index contributed by atoms with van der Waals surface area (Å²) in [7, 11) is 3.97. The number of benzene rings is 2. The standard InChI is InChI=1S/C22H25N3O2/c1-24-12-10-22(11-13-24)25-20(18-8-3-4-9-21(18)27-22)15-19(23-25)16-6-5-7-17(14-16)26-2/h3-9,14-15,20,23H,10-13H2,1-2H3/p+1/t20-/m1/s1. The van der Waals surface area contributed by atoms with Gasteiger partial charge in [-0.25, -0.2) is 0 Å². The van der Waals surface area contributed by atoms with E-state index in [-0.39, 0.29) is 11.8 Å². The molecule has 1 atom stereocenters. The van der Waals surface area contributed by atoms with Crippen LogP contribution in [-0.4, -0.2) is 38.0 Å². The van der Waals surface area contributed by atoms with Crippen molar-refractivity contribution in [2.75, 3.05) is 27.2 Å². The molecule has 0 aliphatic carbocycles. The number of hydrazine groups is 1. The first-order valence-electron chi connectivity index (χ1n) is 9.70. The van der Waals surface area contributed by atoms with E-state index in [1.807, 2.05) is 12.1 Å². The average molecular weight is 364 g/mol. The van der Waals surface area contributed by atoms with Crippen molar-refractivity contribution in [3.8, 4) is 11.5 Å². The lowest BCUT2D eigenvalue weighted by Crippen LogP contribution is -3.11. The Labute approximate surface area is 160 Å². The predicted molar refractivity (Wildman–Crippen MR) is 104 cm³/mol. The summed E-state index contributed by atoms with van der Waals surface area (Å²) in [6.07, 6.45) is 4.34. The molecule has 2 aromatic rings. The maximum absolute atomic E-state index is 6.64. The van der Waals surface area contributed by atoms with Gasteiger partial charge in [0.15, 0.2) is 5.72 Å². The molecule has 3 heterocycles. The molecular weight excluding hydrogens is 338 g/mol. The van der Waals surface area contributed by atoms with Crippen LogP contribution < -0.4 is 19.8 Å². The van der Waals surface area contributed by atoms with Crippen molar-refractivity contribution in [3.63, 3.8) is 0 Å². The van der Waals surface area contributed by atoms with Crippen molar-refractivity contribution in [3.05, 3.63) is 65.7 Å². The molecule has 1 fully saturated rings. The molecule has 5 nitrogen and oxygen atoms in total. The monoisotopic (exact) mass is 364 g/mol. The summed E-state index contributed by atoms with van der Waals surface area (Å²) in [5, 5.41) is 2.34. The Balaban J connectivity index is 1.56. The molecule has 5 heteroatoms. The summed E-state index contributed by atoms with van der Waals surface area (Å²) in [4.78, 5) is 1.57. The molecule has 3 aliphatic heterocycles. The number of ether oxygens (including phenoxy) is 2. The number of methoxy groups -OCH3 is 1. The topological polar surface area (TPSA) is 38.2 Å². The molecule has 0 unspecified atom stereocenters. The summed E-state index contributed by atoms with van der Waals surface area (Å²) in [5.41, 5.74) is 6.86. The molecule has 1 spiro atoms. The van der Waals surface area contributed by atoms with E-state index in [0.717, 1.165) is 48.7 Å². The van der Waals surface area contributed by atoms with E-state index >= 15 is 0 Å². The van der Waals surface area contributed by atoms with Gasteiger partial charge in [-0.05, 0) is 24.3 Å². The number of hydrogen-bond donors (Lipinski definition) is 2. The van der Waals surface area contributed by atoms with Gasteiger partial charge in [-0.2, -0.15) is 5.01 Å². The Bertz CT molecular complexity index is 887. The number of para-hydroxylation sites is 1. The first kappa shape index (κ1) is 16.7. The van der Waals surface area contributed by atoms with Gasteiger partial charge in [0.25, 0.3) is 0 Å². The van der Waals surface area contributed by atoms with Crippen LogP contribution in [0.2, 0.25) is 0 Å². The van der Waals surface area contributed by atoms with Gasteiger partial charge in [-0.3, -0.25) is 0 Å². The fraction of sp³-hybridized carbons (Fsp3) is 0.364. The first-order chi connectivity index (χ1) is 13.2. The zero-order valence-corrected chi connectivity index (χ0v) is 15.9. The third-order valence-electron chi connectivity index (χ3n) is 6.09. The molecule has 0 aromatic heterocycles. The Morgan fingerprint density at radius 3 is 2.78 bits per heavy atom. The quantitative estimate of drug-likeness (QED) is 0.855. The largest absolute Gasteiger partial charge is 0.497 e. The number of nitrogens with one attached hydrogen (secondary N) is 2. The smallest absolute Gasteiger partial charge is 0.191 e. The lowest BCUT2D eigenvalue weighted by Gasteiger charge is -2.50. The van der Waals surface area contributed by atoms with Crippen molar-refractivity contribution < 1.29 is 14.4 Å². The molecule has 0 radical (unpaired) electrons. The molecule has 1 saturated heterocycles. The Hall–Kier alpha value is -2.50. The second-order valence-electron chi connectivity index (χ2n) is 7.78. The normalized spacial score (nSPS) is 29.3. The maximum Gasteiger partial charge on any atom is 0.191 e. The van der Waals surface area contributed by atoms with E-state index in [0.29, 0.717) is 0 Å². The molecule has 2 aromatic carbocycles. The Kier molecular flexibility index (Phi) is 3.88. The molecule has 140 valence electrons. The van der Waals surface area contributed by atoms with Gasteiger partial charge >= 0.3 is 0 Å². The number of quaternary nitrogens is 1. The zero-order valence-electron chi connectivity index (χ0n) is 15.9. The Morgan fingerprint density at radius 2 is 1.96 bits per heavy atom. The number of hydrogen-bond acceptors (Lipinski definition) is 4. The highest BCUT2D eigenvalue weighted by atomic mass is 16.5. The first-order valence-corrected chi connectivity index (χ1v) is 9.70. The third-order valence-corrected chi connectivity index (χ3v) is 6.09. The lowest BCUT2D eigenvalue weighted by molar-refractivity contribution is -0.888. The van der Waals surface area contributed by atoms with E-state index in [4.69, 9.17) is 9.47 Å². The van der Waals surface area contributed by atoms with Gasteiger partial charge in [0.05, 0.1) is 51.8 Å². The van der Waals surface area contributed by atoms with Gasteiger partial charge in [0, 0.05) is 11.1 Å². The second-order valence-corrected chi connectivity index (χ2v) is 7.78. The van der Waals surface area contributed by atoms with Crippen molar-refractivity contribution in [1.29, 1.82) is 0 Å². The highest BCUT2D eigenvalue weighted by molar-refractivity contribution is 5.68. The summed E-state index contributed by atoms with van der Waals surface area (Å²) in [6, 6.07) is 16.8.